The summed E-state index contributed by atoms with van der Waals surface area (Å²) in [6.07, 6.45) is 5.35. The van der Waals surface area contributed by atoms with Gasteiger partial charge in [0.1, 0.15) is 5.82 Å². The van der Waals surface area contributed by atoms with Crippen LogP contribution in [0.2, 0.25) is 0 Å². The Kier molecular flexibility index (Phi) is 2.85. The molecule has 1 amide bonds. The lowest BCUT2D eigenvalue weighted by atomic mass is 9.95. The Morgan fingerprint density at radius 3 is 2.58 bits per heavy atom. The molecule has 0 atom stereocenters. The van der Waals surface area contributed by atoms with Gasteiger partial charge in [0.25, 0.3) is 0 Å². The lowest BCUT2D eigenvalue weighted by molar-refractivity contribution is -0.123. The van der Waals surface area contributed by atoms with Gasteiger partial charge in [0.15, 0.2) is 0 Å². The first-order valence-corrected chi connectivity index (χ1v) is 6.37. The Morgan fingerprint density at radius 1 is 1.26 bits per heavy atom. The van der Waals surface area contributed by atoms with E-state index in [4.69, 9.17) is 0 Å². The molecule has 1 aromatic heterocycles. The van der Waals surface area contributed by atoms with Gasteiger partial charge in [-0.15, -0.1) is 0 Å². The molecule has 3 rings (SSSR count). The van der Waals surface area contributed by atoms with Crippen molar-refractivity contribution in [1.82, 2.24) is 10.3 Å². The summed E-state index contributed by atoms with van der Waals surface area (Å²) in [6, 6.07) is 8.16. The van der Waals surface area contributed by atoms with E-state index in [2.05, 4.69) is 10.3 Å². The predicted octanol–water partition coefficient (Wildman–Crippen LogP) is 2.50. The van der Waals surface area contributed by atoms with Gasteiger partial charge in [0.05, 0.1) is 5.41 Å². The van der Waals surface area contributed by atoms with E-state index in [1.54, 1.807) is 12.1 Å². The molecule has 3 nitrogen and oxygen atoms in total. The number of aromatic nitrogens is 1. The van der Waals surface area contributed by atoms with Gasteiger partial charge in [-0.2, -0.15) is 0 Å². The number of nitrogens with one attached hydrogen (secondary N) is 2. The molecule has 0 spiro atoms. The molecule has 1 heterocycles. The van der Waals surface area contributed by atoms with Crippen LogP contribution in [-0.4, -0.2) is 10.9 Å². The van der Waals surface area contributed by atoms with Crippen LogP contribution in [0.4, 0.5) is 4.39 Å². The van der Waals surface area contributed by atoms with Crippen LogP contribution in [0, 0.1) is 5.82 Å². The van der Waals surface area contributed by atoms with Crippen molar-refractivity contribution >= 4 is 5.91 Å². The van der Waals surface area contributed by atoms with Crippen molar-refractivity contribution in [3.63, 3.8) is 0 Å². The third-order valence-electron chi connectivity index (χ3n) is 3.70. The molecule has 0 saturated heterocycles. The minimum atomic E-state index is -0.440. The summed E-state index contributed by atoms with van der Waals surface area (Å²) in [7, 11) is 0. The number of H-pyrrole nitrogens is 1. The van der Waals surface area contributed by atoms with Crippen molar-refractivity contribution < 1.29 is 9.18 Å². The molecular formula is C15H15FN2O. The molecule has 98 valence electrons. The number of amides is 1. The fraction of sp³-hybridized carbons (Fsp3) is 0.267. The molecule has 4 heteroatoms. The van der Waals surface area contributed by atoms with Crippen molar-refractivity contribution in [2.75, 3.05) is 0 Å². The molecule has 19 heavy (non-hydrogen) atoms. The third kappa shape index (κ3) is 2.26. The van der Waals surface area contributed by atoms with Crippen molar-refractivity contribution in [3.8, 4) is 0 Å². The maximum absolute atomic E-state index is 12.9. The Hall–Kier alpha value is -2.10. The zero-order chi connectivity index (χ0) is 13.3. The number of benzene rings is 1. The Morgan fingerprint density at radius 2 is 2.00 bits per heavy atom. The second-order valence-electron chi connectivity index (χ2n) is 4.99. The summed E-state index contributed by atoms with van der Waals surface area (Å²) >= 11 is 0. The van der Waals surface area contributed by atoms with E-state index in [1.807, 2.05) is 18.5 Å². The Balaban J connectivity index is 1.70. The molecule has 1 aromatic carbocycles. The number of aromatic amines is 1. The highest BCUT2D eigenvalue weighted by molar-refractivity contribution is 5.91. The second-order valence-corrected chi connectivity index (χ2v) is 4.99. The molecule has 1 aliphatic carbocycles. The molecular weight excluding hydrogens is 243 g/mol. The SMILES string of the molecule is O=C(NCc1cc[nH]c1)C1(c2ccc(F)cc2)CC1. The van der Waals surface area contributed by atoms with Crippen molar-refractivity contribution in [2.24, 2.45) is 0 Å². The monoisotopic (exact) mass is 258 g/mol. The van der Waals surface area contributed by atoms with Gasteiger partial charge in [-0.1, -0.05) is 12.1 Å². The summed E-state index contributed by atoms with van der Waals surface area (Å²) in [5.41, 5.74) is 1.51. The van der Waals surface area contributed by atoms with Gasteiger partial charge >= 0.3 is 0 Å². The maximum Gasteiger partial charge on any atom is 0.230 e. The molecule has 0 bridgehead atoms. The fourth-order valence-corrected chi connectivity index (χ4v) is 2.36. The molecule has 0 radical (unpaired) electrons. The number of rotatable bonds is 4. The van der Waals surface area contributed by atoms with E-state index in [-0.39, 0.29) is 11.7 Å². The van der Waals surface area contributed by atoms with Crippen molar-refractivity contribution in [1.29, 1.82) is 0 Å². The maximum atomic E-state index is 12.9. The summed E-state index contributed by atoms with van der Waals surface area (Å²) in [5.74, 6) is -0.243. The van der Waals surface area contributed by atoms with Gasteiger partial charge in [-0.05, 0) is 42.2 Å². The van der Waals surface area contributed by atoms with Crippen LogP contribution in [0.3, 0.4) is 0 Å². The van der Waals surface area contributed by atoms with E-state index in [1.165, 1.54) is 12.1 Å². The van der Waals surface area contributed by atoms with Gasteiger partial charge in [0, 0.05) is 18.9 Å². The average Bonchev–Trinajstić information content (AvgIpc) is 3.07. The van der Waals surface area contributed by atoms with Crippen LogP contribution in [0.25, 0.3) is 0 Å². The summed E-state index contributed by atoms with van der Waals surface area (Å²) in [5, 5.41) is 2.95. The van der Waals surface area contributed by atoms with Gasteiger partial charge in [0.2, 0.25) is 5.91 Å². The first-order valence-electron chi connectivity index (χ1n) is 6.37. The molecule has 0 aliphatic heterocycles. The smallest absolute Gasteiger partial charge is 0.230 e. The molecule has 2 aromatic rings. The highest BCUT2D eigenvalue weighted by atomic mass is 19.1. The van der Waals surface area contributed by atoms with Gasteiger partial charge < -0.3 is 10.3 Å². The molecule has 1 saturated carbocycles. The highest BCUT2D eigenvalue weighted by Gasteiger charge is 2.51. The first kappa shape index (κ1) is 12.0. The highest BCUT2D eigenvalue weighted by Crippen LogP contribution is 2.48. The number of carbonyl (C=O) groups is 1. The minimum Gasteiger partial charge on any atom is -0.367 e. The molecule has 1 aliphatic rings. The lowest BCUT2D eigenvalue weighted by Crippen LogP contribution is -2.34. The number of halogens is 1. The normalized spacial score (nSPS) is 16.1. The van der Waals surface area contributed by atoms with E-state index in [0.717, 1.165) is 24.0 Å². The topological polar surface area (TPSA) is 44.9 Å². The quantitative estimate of drug-likeness (QED) is 0.869. The van der Waals surface area contributed by atoms with E-state index in [9.17, 15) is 9.18 Å². The number of carbonyl (C=O) groups excluding carboxylic acids is 1. The fourth-order valence-electron chi connectivity index (χ4n) is 2.36. The largest absolute Gasteiger partial charge is 0.367 e. The first-order chi connectivity index (χ1) is 9.21. The summed E-state index contributed by atoms with van der Waals surface area (Å²) in [6.45, 7) is 0.519. The Bertz CT molecular complexity index is 571. The molecule has 2 N–H and O–H groups in total. The zero-order valence-electron chi connectivity index (χ0n) is 10.4. The van der Waals surface area contributed by atoms with Gasteiger partial charge in [-0.25, -0.2) is 4.39 Å². The minimum absolute atomic E-state index is 0.0281. The Labute approximate surface area is 110 Å². The van der Waals surface area contributed by atoms with Crippen LogP contribution >= 0.6 is 0 Å². The summed E-state index contributed by atoms with van der Waals surface area (Å²) in [4.78, 5) is 15.2. The van der Waals surface area contributed by atoms with E-state index in [0.29, 0.717) is 6.54 Å². The van der Waals surface area contributed by atoms with E-state index < -0.39 is 5.41 Å². The number of hydrogen-bond acceptors (Lipinski definition) is 1. The summed E-state index contributed by atoms with van der Waals surface area (Å²) < 4.78 is 12.9. The third-order valence-corrected chi connectivity index (χ3v) is 3.70. The van der Waals surface area contributed by atoms with Crippen LogP contribution in [0.15, 0.2) is 42.7 Å². The molecule has 1 fully saturated rings. The standard InChI is InChI=1S/C15H15FN2O/c16-13-3-1-12(2-4-13)15(6-7-15)14(19)18-10-11-5-8-17-9-11/h1-5,8-9,17H,6-7,10H2,(H,18,19). The second kappa shape index (κ2) is 4.53. The molecule has 0 unspecified atom stereocenters. The van der Waals surface area contributed by atoms with Crippen molar-refractivity contribution in [2.45, 2.75) is 24.8 Å². The lowest BCUT2D eigenvalue weighted by Gasteiger charge is -2.15. The van der Waals surface area contributed by atoms with Gasteiger partial charge in [-0.3, -0.25) is 4.79 Å². The number of hydrogen-bond donors (Lipinski definition) is 2. The van der Waals surface area contributed by atoms with Crippen molar-refractivity contribution in [3.05, 3.63) is 59.7 Å². The van der Waals surface area contributed by atoms with Crippen LogP contribution < -0.4 is 5.32 Å². The van der Waals surface area contributed by atoms with E-state index >= 15 is 0 Å². The predicted molar refractivity (Wildman–Crippen MR) is 70.0 cm³/mol. The van der Waals surface area contributed by atoms with Crippen LogP contribution in [0.1, 0.15) is 24.0 Å². The van der Waals surface area contributed by atoms with Crippen LogP contribution in [-0.2, 0) is 16.8 Å². The average molecular weight is 258 g/mol. The van der Waals surface area contributed by atoms with Crippen LogP contribution in [0.5, 0.6) is 0 Å². The zero-order valence-corrected chi connectivity index (χ0v) is 10.4.